The Labute approximate surface area is 126 Å². The van der Waals surface area contributed by atoms with E-state index in [1.54, 1.807) is 13.0 Å². The highest BCUT2D eigenvalue weighted by Crippen LogP contribution is 2.26. The maximum absolute atomic E-state index is 12.3. The van der Waals surface area contributed by atoms with Crippen molar-refractivity contribution >= 4 is 33.0 Å². The number of carboxylic acid groups (broad SMARTS) is 1. The molecule has 8 heteroatoms. The molecule has 112 valence electrons. The number of hydrogen-bond acceptors (Lipinski definition) is 5. The number of aliphatic carboxylic acids is 1. The van der Waals surface area contributed by atoms with E-state index >= 15 is 0 Å². The lowest BCUT2D eigenvalue weighted by Crippen LogP contribution is -2.13. The summed E-state index contributed by atoms with van der Waals surface area (Å²) in [6.45, 7) is 3.60. The van der Waals surface area contributed by atoms with Crippen molar-refractivity contribution in [1.82, 2.24) is 4.98 Å². The lowest BCUT2D eigenvalue weighted by Gasteiger charge is -2.07. The number of pyridine rings is 1. The summed E-state index contributed by atoms with van der Waals surface area (Å²) in [6.07, 6.45) is 1.11. The molecule has 0 unspecified atom stereocenters. The Morgan fingerprint density at radius 2 is 2.10 bits per heavy atom. The molecule has 2 aromatic rings. The molecule has 0 spiro atoms. The van der Waals surface area contributed by atoms with Gasteiger partial charge in [0.25, 0.3) is 10.0 Å². The predicted molar refractivity (Wildman–Crippen MR) is 80.2 cm³/mol. The summed E-state index contributed by atoms with van der Waals surface area (Å²) in [6, 6.07) is 4.60. The smallest absolute Gasteiger partial charge is 0.309 e. The van der Waals surface area contributed by atoms with Crippen molar-refractivity contribution < 1.29 is 18.3 Å². The zero-order chi connectivity index (χ0) is 15.6. The van der Waals surface area contributed by atoms with Crippen molar-refractivity contribution in [1.29, 1.82) is 0 Å². The minimum Gasteiger partial charge on any atom is -0.481 e. The molecule has 0 fully saturated rings. The van der Waals surface area contributed by atoms with Crippen LogP contribution in [0.1, 0.15) is 15.4 Å². The predicted octanol–water partition coefficient (Wildman–Crippen LogP) is 2.19. The molecule has 6 nitrogen and oxygen atoms in total. The number of aryl methyl sites for hydroxylation is 2. The summed E-state index contributed by atoms with van der Waals surface area (Å²) in [7, 11) is -3.65. The summed E-state index contributed by atoms with van der Waals surface area (Å²) in [5.41, 5.74) is 0.667. The van der Waals surface area contributed by atoms with Gasteiger partial charge < -0.3 is 5.11 Å². The Bertz CT molecular complexity index is 764. The van der Waals surface area contributed by atoms with Gasteiger partial charge in [-0.15, -0.1) is 11.3 Å². The largest absolute Gasteiger partial charge is 0.481 e. The van der Waals surface area contributed by atoms with Crippen LogP contribution in [0.5, 0.6) is 0 Å². The molecule has 2 aromatic heterocycles. The van der Waals surface area contributed by atoms with Gasteiger partial charge in [-0.2, -0.15) is 0 Å². The first-order valence-corrected chi connectivity index (χ1v) is 8.34. The maximum Gasteiger partial charge on any atom is 0.309 e. The molecule has 2 rings (SSSR count). The molecular formula is C13H14N2O4S2. The number of thiophene rings is 1. The molecule has 2 N–H and O–H groups in total. The van der Waals surface area contributed by atoms with Crippen LogP contribution < -0.4 is 4.72 Å². The van der Waals surface area contributed by atoms with E-state index in [4.69, 9.17) is 5.11 Å². The second-order valence-corrected chi connectivity index (χ2v) is 7.60. The first-order valence-electron chi connectivity index (χ1n) is 6.04. The Hall–Kier alpha value is -1.93. The Balaban J connectivity index is 2.21. The maximum atomic E-state index is 12.3. The Kier molecular flexibility index (Phi) is 4.29. The topological polar surface area (TPSA) is 96.4 Å². The normalized spacial score (nSPS) is 11.3. The molecule has 2 heterocycles. The van der Waals surface area contributed by atoms with E-state index < -0.39 is 16.0 Å². The first kappa shape index (κ1) is 15.5. The van der Waals surface area contributed by atoms with E-state index in [-0.39, 0.29) is 11.3 Å². The molecule has 0 radical (unpaired) electrons. The van der Waals surface area contributed by atoms with E-state index in [0.717, 1.165) is 9.75 Å². The number of carbonyl (C=O) groups is 1. The SMILES string of the molecule is Cc1cc(S(=O)(=O)Nc2ccc(CC(=O)O)nc2)c(C)s1. The van der Waals surface area contributed by atoms with Crippen molar-refractivity contribution in [3.8, 4) is 0 Å². The molecule has 21 heavy (non-hydrogen) atoms. The van der Waals surface area contributed by atoms with Crippen LogP contribution in [0.3, 0.4) is 0 Å². The van der Waals surface area contributed by atoms with Crippen LogP contribution in [-0.2, 0) is 21.2 Å². The average molecular weight is 326 g/mol. The van der Waals surface area contributed by atoms with Crippen LogP contribution >= 0.6 is 11.3 Å². The molecule has 0 aliphatic heterocycles. The lowest BCUT2D eigenvalue weighted by atomic mass is 10.3. The van der Waals surface area contributed by atoms with Crippen molar-refractivity contribution in [2.24, 2.45) is 0 Å². The highest BCUT2D eigenvalue weighted by Gasteiger charge is 2.19. The fourth-order valence-corrected chi connectivity index (χ4v) is 4.43. The lowest BCUT2D eigenvalue weighted by molar-refractivity contribution is -0.136. The van der Waals surface area contributed by atoms with Gasteiger partial charge in [0.1, 0.15) is 4.90 Å². The van der Waals surface area contributed by atoms with Crippen molar-refractivity contribution in [2.75, 3.05) is 4.72 Å². The van der Waals surface area contributed by atoms with Gasteiger partial charge in [0.2, 0.25) is 0 Å². The van der Waals surface area contributed by atoms with Crippen LogP contribution in [-0.4, -0.2) is 24.5 Å². The summed E-state index contributed by atoms with van der Waals surface area (Å²) in [5, 5.41) is 8.65. The molecule has 0 saturated carbocycles. The third-order valence-electron chi connectivity index (χ3n) is 2.69. The highest BCUT2D eigenvalue weighted by molar-refractivity contribution is 7.93. The van der Waals surface area contributed by atoms with Crippen LogP contribution in [0, 0.1) is 13.8 Å². The summed E-state index contributed by atoms with van der Waals surface area (Å²) in [5.74, 6) is -0.986. The summed E-state index contributed by atoms with van der Waals surface area (Å²) in [4.78, 5) is 16.4. The van der Waals surface area contributed by atoms with Gasteiger partial charge in [-0.3, -0.25) is 14.5 Å². The fraction of sp³-hybridized carbons (Fsp3) is 0.231. The monoisotopic (exact) mass is 326 g/mol. The quantitative estimate of drug-likeness (QED) is 0.878. The van der Waals surface area contributed by atoms with E-state index in [9.17, 15) is 13.2 Å². The molecule has 0 aliphatic rings. The number of aromatic nitrogens is 1. The van der Waals surface area contributed by atoms with Gasteiger partial charge in [0.15, 0.2) is 0 Å². The number of sulfonamides is 1. The van der Waals surface area contributed by atoms with Gasteiger partial charge >= 0.3 is 5.97 Å². The van der Waals surface area contributed by atoms with Crippen molar-refractivity contribution in [3.63, 3.8) is 0 Å². The van der Waals surface area contributed by atoms with Crippen LogP contribution in [0.2, 0.25) is 0 Å². The number of rotatable bonds is 5. The Morgan fingerprint density at radius 3 is 2.57 bits per heavy atom. The first-order chi connectivity index (χ1) is 9.78. The van der Waals surface area contributed by atoms with Crippen molar-refractivity contribution in [2.45, 2.75) is 25.2 Å². The average Bonchev–Trinajstić information content (AvgIpc) is 2.71. The zero-order valence-electron chi connectivity index (χ0n) is 11.5. The molecule has 0 bridgehead atoms. The number of carboxylic acids is 1. The third kappa shape index (κ3) is 3.79. The van der Waals surface area contributed by atoms with E-state index in [2.05, 4.69) is 9.71 Å². The molecule has 0 amide bonds. The molecule has 0 aliphatic carbocycles. The standard InChI is InChI=1S/C13H14N2O4S2/c1-8-5-12(9(2)20-8)21(18,19)15-11-4-3-10(14-7-11)6-13(16)17/h3-5,7,15H,6H2,1-2H3,(H,16,17). The number of nitrogens with one attached hydrogen (secondary N) is 1. The van der Waals surface area contributed by atoms with Gasteiger partial charge in [-0.25, -0.2) is 8.42 Å². The fourth-order valence-electron chi connectivity index (χ4n) is 1.83. The van der Waals surface area contributed by atoms with Crippen LogP contribution in [0.4, 0.5) is 5.69 Å². The minimum absolute atomic E-state index is 0.199. The van der Waals surface area contributed by atoms with Gasteiger partial charge in [-0.1, -0.05) is 0 Å². The van der Waals surface area contributed by atoms with E-state index in [1.807, 2.05) is 6.92 Å². The van der Waals surface area contributed by atoms with Crippen molar-refractivity contribution in [3.05, 3.63) is 39.8 Å². The van der Waals surface area contributed by atoms with Crippen LogP contribution in [0.25, 0.3) is 0 Å². The van der Waals surface area contributed by atoms with E-state index in [1.165, 1.54) is 29.7 Å². The molecule has 0 atom stereocenters. The molecule has 0 saturated heterocycles. The molecular weight excluding hydrogens is 312 g/mol. The van der Waals surface area contributed by atoms with Crippen LogP contribution in [0.15, 0.2) is 29.3 Å². The van der Waals surface area contributed by atoms with Gasteiger partial charge in [0, 0.05) is 9.75 Å². The number of hydrogen-bond donors (Lipinski definition) is 2. The minimum atomic E-state index is -3.65. The third-order valence-corrected chi connectivity index (χ3v) is 5.30. The highest BCUT2D eigenvalue weighted by atomic mass is 32.2. The summed E-state index contributed by atoms with van der Waals surface area (Å²) >= 11 is 1.42. The second kappa shape index (κ2) is 5.82. The summed E-state index contributed by atoms with van der Waals surface area (Å²) < 4.78 is 27.0. The number of anilines is 1. The second-order valence-electron chi connectivity index (χ2n) is 4.49. The molecule has 0 aromatic carbocycles. The Morgan fingerprint density at radius 1 is 1.38 bits per heavy atom. The van der Waals surface area contributed by atoms with E-state index in [0.29, 0.717) is 11.4 Å². The zero-order valence-corrected chi connectivity index (χ0v) is 13.1. The number of nitrogens with zero attached hydrogens (tertiary/aromatic N) is 1. The van der Waals surface area contributed by atoms with Gasteiger partial charge in [-0.05, 0) is 32.0 Å². The van der Waals surface area contributed by atoms with Gasteiger partial charge in [0.05, 0.1) is 24.0 Å².